The van der Waals surface area contributed by atoms with Crippen LogP contribution in [-0.4, -0.2) is 26.0 Å². The topological polar surface area (TPSA) is 76.7 Å². The smallest absolute Gasteiger partial charge is 0.228 e. The number of ether oxygens (including phenoxy) is 2. The monoisotopic (exact) mass is 358 g/mol. The van der Waals surface area contributed by atoms with E-state index in [1.54, 1.807) is 31.4 Å². The van der Waals surface area contributed by atoms with Crippen LogP contribution in [0, 0.1) is 17.7 Å². The average molecular weight is 358 g/mol. The molecule has 2 atom stereocenters. The third-order valence-electron chi connectivity index (χ3n) is 4.22. The highest BCUT2D eigenvalue weighted by Crippen LogP contribution is 2.41. The van der Waals surface area contributed by atoms with E-state index in [9.17, 15) is 14.0 Å². The van der Waals surface area contributed by atoms with Gasteiger partial charge in [0.05, 0.1) is 31.7 Å². The van der Waals surface area contributed by atoms with Gasteiger partial charge in [0.2, 0.25) is 11.8 Å². The minimum atomic E-state index is -0.431. The second kappa shape index (κ2) is 7.43. The number of nitrogens with one attached hydrogen (secondary N) is 2. The number of halogens is 1. The first-order valence-corrected chi connectivity index (χ1v) is 8.11. The van der Waals surface area contributed by atoms with Gasteiger partial charge in [0.15, 0.2) is 0 Å². The van der Waals surface area contributed by atoms with Crippen LogP contribution in [0.1, 0.15) is 6.42 Å². The van der Waals surface area contributed by atoms with E-state index >= 15 is 0 Å². The molecule has 0 heterocycles. The minimum absolute atomic E-state index is 0.257. The largest absolute Gasteiger partial charge is 0.497 e. The minimum Gasteiger partial charge on any atom is -0.497 e. The Morgan fingerprint density at radius 2 is 1.73 bits per heavy atom. The molecule has 2 N–H and O–H groups in total. The number of hydrogen-bond donors (Lipinski definition) is 2. The third-order valence-corrected chi connectivity index (χ3v) is 4.22. The van der Waals surface area contributed by atoms with Crippen LogP contribution < -0.4 is 20.1 Å². The van der Waals surface area contributed by atoms with Crippen molar-refractivity contribution in [2.75, 3.05) is 24.9 Å². The van der Waals surface area contributed by atoms with Crippen LogP contribution in [0.15, 0.2) is 42.5 Å². The molecule has 7 heteroatoms. The number of benzene rings is 2. The van der Waals surface area contributed by atoms with Crippen LogP contribution in [0.2, 0.25) is 0 Å². The van der Waals surface area contributed by atoms with Crippen molar-refractivity contribution in [2.45, 2.75) is 6.42 Å². The van der Waals surface area contributed by atoms with Gasteiger partial charge < -0.3 is 20.1 Å². The number of carbonyl (C=O) groups excluding carboxylic acids is 2. The molecule has 1 fully saturated rings. The Balaban J connectivity index is 1.60. The summed E-state index contributed by atoms with van der Waals surface area (Å²) in [6.45, 7) is 0. The fourth-order valence-corrected chi connectivity index (χ4v) is 2.70. The molecule has 2 aromatic rings. The van der Waals surface area contributed by atoms with E-state index in [1.807, 2.05) is 0 Å². The number of rotatable bonds is 6. The second-order valence-electron chi connectivity index (χ2n) is 6.00. The van der Waals surface area contributed by atoms with E-state index in [4.69, 9.17) is 9.47 Å². The van der Waals surface area contributed by atoms with Crippen LogP contribution in [0.3, 0.4) is 0 Å². The van der Waals surface area contributed by atoms with Crippen LogP contribution in [0.4, 0.5) is 15.8 Å². The molecule has 0 aromatic heterocycles. The molecule has 0 aliphatic heterocycles. The van der Waals surface area contributed by atoms with Crippen molar-refractivity contribution < 1.29 is 23.5 Å². The van der Waals surface area contributed by atoms with Crippen LogP contribution in [0.25, 0.3) is 0 Å². The molecule has 1 saturated carbocycles. The van der Waals surface area contributed by atoms with Crippen LogP contribution in [-0.2, 0) is 9.59 Å². The molecule has 0 spiro atoms. The molecular weight excluding hydrogens is 339 g/mol. The highest BCUT2D eigenvalue weighted by molar-refractivity contribution is 6.03. The van der Waals surface area contributed by atoms with E-state index in [1.165, 1.54) is 25.3 Å². The number of methoxy groups -OCH3 is 2. The zero-order valence-corrected chi connectivity index (χ0v) is 14.4. The molecule has 2 amide bonds. The summed E-state index contributed by atoms with van der Waals surface area (Å²) >= 11 is 0. The highest BCUT2D eigenvalue weighted by atomic mass is 19.1. The predicted molar refractivity (Wildman–Crippen MR) is 94.8 cm³/mol. The van der Waals surface area contributed by atoms with Gasteiger partial charge in [-0.2, -0.15) is 0 Å². The van der Waals surface area contributed by atoms with Crippen molar-refractivity contribution in [1.82, 2.24) is 0 Å². The predicted octanol–water partition coefficient (Wildman–Crippen LogP) is 3.06. The summed E-state index contributed by atoms with van der Waals surface area (Å²) in [6.07, 6.45) is 0.450. The van der Waals surface area contributed by atoms with Gasteiger partial charge in [-0.3, -0.25) is 9.59 Å². The van der Waals surface area contributed by atoms with Crippen molar-refractivity contribution >= 4 is 23.2 Å². The lowest BCUT2D eigenvalue weighted by Crippen LogP contribution is -2.20. The maximum Gasteiger partial charge on any atom is 0.228 e. The lowest BCUT2D eigenvalue weighted by atomic mass is 10.2. The summed E-state index contributed by atoms with van der Waals surface area (Å²) < 4.78 is 23.5. The maximum absolute atomic E-state index is 13.2. The molecule has 3 rings (SSSR count). The molecule has 136 valence electrons. The van der Waals surface area contributed by atoms with E-state index in [0.29, 0.717) is 29.3 Å². The molecule has 2 unspecified atom stereocenters. The molecule has 0 radical (unpaired) electrons. The standard InChI is InChI=1S/C19H19FN2O4/c1-25-13-6-7-16(17(9-13)26-2)22-19(24)15-10-14(15)18(23)21-12-5-3-4-11(20)8-12/h3-9,14-15H,10H2,1-2H3,(H,21,23)(H,22,24). The van der Waals surface area contributed by atoms with Gasteiger partial charge in [-0.15, -0.1) is 0 Å². The van der Waals surface area contributed by atoms with Gasteiger partial charge in [0.1, 0.15) is 17.3 Å². The SMILES string of the molecule is COc1ccc(NC(=O)C2CC2C(=O)Nc2cccc(F)c2)c(OC)c1. The van der Waals surface area contributed by atoms with Crippen LogP contribution in [0.5, 0.6) is 11.5 Å². The molecule has 0 saturated heterocycles. The molecule has 6 nitrogen and oxygen atoms in total. The summed E-state index contributed by atoms with van der Waals surface area (Å²) in [7, 11) is 3.04. The van der Waals surface area contributed by atoms with Gasteiger partial charge in [0, 0.05) is 11.8 Å². The zero-order valence-electron chi connectivity index (χ0n) is 14.4. The second-order valence-corrected chi connectivity index (χ2v) is 6.00. The summed E-state index contributed by atoms with van der Waals surface area (Å²) in [6, 6.07) is 10.7. The Hall–Kier alpha value is -3.09. The summed E-state index contributed by atoms with van der Waals surface area (Å²) in [4.78, 5) is 24.6. The Morgan fingerprint density at radius 1 is 1.00 bits per heavy atom. The summed E-state index contributed by atoms with van der Waals surface area (Å²) in [5.74, 6) is -0.750. The van der Waals surface area contributed by atoms with Gasteiger partial charge in [-0.25, -0.2) is 4.39 Å². The van der Waals surface area contributed by atoms with E-state index in [2.05, 4.69) is 10.6 Å². The fourth-order valence-electron chi connectivity index (χ4n) is 2.70. The summed E-state index contributed by atoms with van der Waals surface area (Å²) in [5.41, 5.74) is 0.882. The molecule has 1 aliphatic carbocycles. The van der Waals surface area contributed by atoms with Crippen molar-refractivity contribution in [3.63, 3.8) is 0 Å². The van der Waals surface area contributed by atoms with Crippen LogP contribution >= 0.6 is 0 Å². The number of hydrogen-bond acceptors (Lipinski definition) is 4. The van der Waals surface area contributed by atoms with Gasteiger partial charge in [-0.05, 0) is 36.8 Å². The van der Waals surface area contributed by atoms with E-state index in [-0.39, 0.29) is 11.8 Å². The van der Waals surface area contributed by atoms with Gasteiger partial charge in [-0.1, -0.05) is 6.07 Å². The first kappa shape index (κ1) is 17.7. The number of amides is 2. The van der Waals surface area contributed by atoms with E-state index in [0.717, 1.165) is 0 Å². The first-order valence-electron chi connectivity index (χ1n) is 8.11. The van der Waals surface area contributed by atoms with Gasteiger partial charge >= 0.3 is 0 Å². The Bertz CT molecular complexity index is 840. The molecule has 0 bridgehead atoms. The first-order chi connectivity index (χ1) is 12.5. The Labute approximate surface area is 150 Å². The molecule has 26 heavy (non-hydrogen) atoms. The van der Waals surface area contributed by atoms with Crippen molar-refractivity contribution in [2.24, 2.45) is 11.8 Å². The molecule has 2 aromatic carbocycles. The van der Waals surface area contributed by atoms with Gasteiger partial charge in [0.25, 0.3) is 0 Å². The Morgan fingerprint density at radius 3 is 2.38 bits per heavy atom. The normalized spacial score (nSPS) is 18.0. The Kier molecular flexibility index (Phi) is 5.06. The van der Waals surface area contributed by atoms with Crippen molar-refractivity contribution in [3.8, 4) is 11.5 Å². The lowest BCUT2D eigenvalue weighted by molar-refractivity contribution is -0.122. The highest BCUT2D eigenvalue weighted by Gasteiger charge is 2.48. The number of carbonyl (C=O) groups is 2. The number of anilines is 2. The molecule has 1 aliphatic rings. The third kappa shape index (κ3) is 3.93. The lowest BCUT2D eigenvalue weighted by Gasteiger charge is -2.11. The van der Waals surface area contributed by atoms with Crippen molar-refractivity contribution in [1.29, 1.82) is 0 Å². The zero-order chi connectivity index (χ0) is 18.7. The summed E-state index contributed by atoms with van der Waals surface area (Å²) in [5, 5.41) is 5.40. The van der Waals surface area contributed by atoms with Crippen molar-refractivity contribution in [3.05, 3.63) is 48.3 Å². The van der Waals surface area contributed by atoms with E-state index < -0.39 is 17.7 Å². The quantitative estimate of drug-likeness (QED) is 0.832. The average Bonchev–Trinajstić information content (AvgIpc) is 3.43. The fraction of sp³-hybridized carbons (Fsp3) is 0.263. The molecular formula is C19H19FN2O4. The maximum atomic E-state index is 13.2.